The van der Waals surface area contributed by atoms with Gasteiger partial charge in [-0.25, -0.2) is 0 Å². The van der Waals surface area contributed by atoms with Gasteiger partial charge in [-0.05, 0) is 41.9 Å². The predicted molar refractivity (Wildman–Crippen MR) is 81.0 cm³/mol. The highest BCUT2D eigenvalue weighted by molar-refractivity contribution is 7.90. The molecule has 1 aromatic carbocycles. The van der Waals surface area contributed by atoms with Crippen molar-refractivity contribution in [2.75, 3.05) is 11.3 Å². The van der Waals surface area contributed by atoms with Gasteiger partial charge in [0.2, 0.25) is 0 Å². The van der Waals surface area contributed by atoms with Gasteiger partial charge in [-0.3, -0.25) is 9.03 Å². The van der Waals surface area contributed by atoms with E-state index in [9.17, 15) is 21.6 Å². The van der Waals surface area contributed by atoms with Crippen LogP contribution in [0.2, 0.25) is 0 Å². The Balaban J connectivity index is 1.82. The summed E-state index contributed by atoms with van der Waals surface area (Å²) in [5.41, 5.74) is -0.784. The molecule has 0 fully saturated rings. The first-order valence-electron chi connectivity index (χ1n) is 6.35. The fourth-order valence-corrected chi connectivity index (χ4v) is 3.71. The van der Waals surface area contributed by atoms with Gasteiger partial charge >= 0.3 is 16.4 Å². The maximum atomic E-state index is 12.5. The normalized spacial score (nSPS) is 14.7. The van der Waals surface area contributed by atoms with E-state index in [0.29, 0.717) is 5.22 Å². The first-order valence-corrected chi connectivity index (χ1v) is 8.57. The first kappa shape index (κ1) is 15.8. The Kier molecular flexibility index (Phi) is 3.80. The molecule has 3 rings (SSSR count). The summed E-state index contributed by atoms with van der Waals surface area (Å²) < 4.78 is 70.2. The molecule has 0 unspecified atom stereocenters. The topological polar surface area (TPSA) is 62.3 Å². The van der Waals surface area contributed by atoms with Crippen LogP contribution in [0.4, 0.5) is 18.9 Å². The molecule has 0 radical (unpaired) electrons. The lowest BCUT2D eigenvalue weighted by molar-refractivity contribution is -0.137. The minimum Gasteiger partial charge on any atom is -0.267 e. The van der Waals surface area contributed by atoms with Gasteiger partial charge in [0.15, 0.2) is 0 Å². The Hall–Kier alpha value is -2.07. The van der Waals surface area contributed by atoms with Crippen LogP contribution in [0.1, 0.15) is 5.56 Å². The van der Waals surface area contributed by atoms with Gasteiger partial charge in [-0.2, -0.15) is 26.0 Å². The third kappa shape index (κ3) is 3.32. The molecular weight excluding hydrogens is 351 g/mol. The van der Waals surface area contributed by atoms with Crippen molar-refractivity contribution in [2.45, 2.75) is 6.18 Å². The Morgan fingerprint density at radius 1 is 1.22 bits per heavy atom. The van der Waals surface area contributed by atoms with Crippen LogP contribution in [-0.4, -0.2) is 23.6 Å². The highest BCUT2D eigenvalue weighted by Crippen LogP contribution is 2.30. The second-order valence-corrected chi connectivity index (χ2v) is 7.19. The number of anilines is 1. The number of rotatable bonds is 3. The molecular formula is C13H10F3N3O2S2. The zero-order valence-electron chi connectivity index (χ0n) is 11.4. The zero-order valence-corrected chi connectivity index (χ0v) is 13.0. The van der Waals surface area contributed by atoms with Crippen molar-refractivity contribution in [1.82, 2.24) is 8.68 Å². The van der Waals surface area contributed by atoms with Gasteiger partial charge in [0.25, 0.3) is 0 Å². The average molecular weight is 361 g/mol. The minimum atomic E-state index is -4.46. The third-order valence-electron chi connectivity index (χ3n) is 3.13. The molecule has 1 aliphatic rings. The monoisotopic (exact) mass is 361 g/mol. The van der Waals surface area contributed by atoms with E-state index in [2.05, 4.69) is 9.10 Å². The van der Waals surface area contributed by atoms with Crippen LogP contribution in [0, 0.1) is 0 Å². The number of hydrogen-bond donors (Lipinski definition) is 1. The van der Waals surface area contributed by atoms with Crippen molar-refractivity contribution in [3.8, 4) is 0 Å². The number of halogens is 3. The smallest absolute Gasteiger partial charge is 0.267 e. The van der Waals surface area contributed by atoms with Crippen molar-refractivity contribution in [1.29, 1.82) is 0 Å². The van der Waals surface area contributed by atoms with Crippen molar-refractivity contribution in [2.24, 2.45) is 0 Å². The summed E-state index contributed by atoms with van der Waals surface area (Å²) >= 11 is 1.26. The summed E-state index contributed by atoms with van der Waals surface area (Å²) in [7, 11) is -3.91. The molecule has 5 nitrogen and oxygen atoms in total. The largest absolute Gasteiger partial charge is 0.416 e. The van der Waals surface area contributed by atoms with E-state index in [0.717, 1.165) is 33.1 Å². The first-order chi connectivity index (χ1) is 10.8. The molecule has 2 heterocycles. The van der Waals surface area contributed by atoms with E-state index in [1.165, 1.54) is 17.7 Å². The quantitative estimate of drug-likeness (QED) is 0.898. The second kappa shape index (κ2) is 5.53. The number of alkyl halides is 3. The van der Waals surface area contributed by atoms with Gasteiger partial charge in [0.05, 0.1) is 28.5 Å². The number of aromatic nitrogens is 1. The van der Waals surface area contributed by atoms with E-state index in [4.69, 9.17) is 0 Å². The van der Waals surface area contributed by atoms with E-state index in [1.807, 2.05) is 0 Å². The molecule has 0 amide bonds. The van der Waals surface area contributed by atoms with Crippen molar-refractivity contribution in [3.05, 3.63) is 45.8 Å². The fraction of sp³-hybridized carbons (Fsp3) is 0.154. The minimum absolute atomic E-state index is 0.0561. The summed E-state index contributed by atoms with van der Waals surface area (Å²) in [6.07, 6.45) is 0.246. The van der Waals surface area contributed by atoms with E-state index >= 15 is 0 Å². The summed E-state index contributed by atoms with van der Waals surface area (Å²) in [4.78, 5) is 0. The standard InChI is InChI=1S/C13H10F3N3O2S2/c14-13(15,16)10-1-3-11(4-2-10)18-23(20,21)19-6-5-12-9(8-19)7-17-22-12/h1-5,7-8,18H,6H2. The lowest BCUT2D eigenvalue weighted by atomic mass is 10.2. The van der Waals surface area contributed by atoms with Crippen molar-refractivity contribution >= 4 is 39.7 Å². The molecule has 0 bridgehead atoms. The molecule has 23 heavy (non-hydrogen) atoms. The van der Waals surface area contributed by atoms with Gasteiger partial charge in [-0.1, -0.05) is 0 Å². The Morgan fingerprint density at radius 2 is 1.91 bits per heavy atom. The van der Waals surface area contributed by atoms with Gasteiger partial charge in [-0.15, -0.1) is 0 Å². The lowest BCUT2D eigenvalue weighted by Gasteiger charge is -2.21. The summed E-state index contributed by atoms with van der Waals surface area (Å²) in [5, 5.41) is 0.680. The van der Waals surface area contributed by atoms with Crippen LogP contribution >= 0.6 is 11.5 Å². The van der Waals surface area contributed by atoms with E-state index in [-0.39, 0.29) is 12.2 Å². The predicted octanol–water partition coefficient (Wildman–Crippen LogP) is 1.35. The summed E-state index contributed by atoms with van der Waals surface area (Å²) in [5.74, 6) is 0. The molecule has 0 atom stereocenters. The van der Waals surface area contributed by atoms with Crippen LogP contribution < -0.4 is 14.5 Å². The molecule has 2 aromatic rings. The fourth-order valence-electron chi connectivity index (χ4n) is 1.99. The number of benzene rings is 1. The van der Waals surface area contributed by atoms with Crippen LogP contribution in [0.25, 0.3) is 12.3 Å². The van der Waals surface area contributed by atoms with Crippen LogP contribution in [0.3, 0.4) is 0 Å². The molecule has 10 heteroatoms. The highest BCUT2D eigenvalue weighted by Gasteiger charge is 2.30. The molecule has 122 valence electrons. The number of fused-ring (bicyclic) bond motifs is 1. The maximum Gasteiger partial charge on any atom is 0.416 e. The molecule has 1 aliphatic heterocycles. The Labute approximate surface area is 133 Å². The van der Waals surface area contributed by atoms with Gasteiger partial charge in [0, 0.05) is 11.4 Å². The third-order valence-corrected chi connectivity index (χ3v) is 5.31. The SMILES string of the molecule is O=S(=O)(Nc1ccc(C(F)(F)F)cc1)N1C=c2cnsc2=CC1. The lowest BCUT2D eigenvalue weighted by Crippen LogP contribution is -2.38. The highest BCUT2D eigenvalue weighted by atomic mass is 32.2. The van der Waals surface area contributed by atoms with Crippen LogP contribution in [-0.2, 0) is 16.4 Å². The summed E-state index contributed by atoms with van der Waals surface area (Å²) in [6, 6.07) is 3.80. The Bertz CT molecular complexity index is 934. The summed E-state index contributed by atoms with van der Waals surface area (Å²) in [6.45, 7) is 0.130. The second-order valence-electron chi connectivity index (χ2n) is 4.73. The van der Waals surface area contributed by atoms with E-state index in [1.54, 1.807) is 12.3 Å². The van der Waals surface area contributed by atoms with Crippen molar-refractivity contribution in [3.63, 3.8) is 0 Å². The Morgan fingerprint density at radius 3 is 2.57 bits per heavy atom. The van der Waals surface area contributed by atoms with E-state index < -0.39 is 21.9 Å². The van der Waals surface area contributed by atoms with Crippen LogP contribution in [0.15, 0.2) is 30.5 Å². The molecule has 0 aliphatic carbocycles. The number of hydrogen-bond acceptors (Lipinski definition) is 4. The molecule has 0 saturated heterocycles. The molecule has 0 saturated carbocycles. The maximum absolute atomic E-state index is 12.5. The molecule has 0 spiro atoms. The number of nitrogens with zero attached hydrogens (tertiary/aromatic N) is 2. The molecule has 1 aromatic heterocycles. The number of nitrogens with one attached hydrogen (secondary N) is 1. The average Bonchev–Trinajstić information content (AvgIpc) is 2.93. The molecule has 1 N–H and O–H groups in total. The van der Waals surface area contributed by atoms with Crippen molar-refractivity contribution < 1.29 is 21.6 Å². The van der Waals surface area contributed by atoms with Gasteiger partial charge in [0.1, 0.15) is 0 Å². The zero-order chi connectivity index (χ0) is 16.7. The van der Waals surface area contributed by atoms with Crippen LogP contribution in [0.5, 0.6) is 0 Å². The van der Waals surface area contributed by atoms with Gasteiger partial charge < -0.3 is 0 Å².